The van der Waals surface area contributed by atoms with Crippen LogP contribution in [0.1, 0.15) is 0 Å². The minimum Gasteiger partial charge on any atom is -0.454 e. The summed E-state index contributed by atoms with van der Waals surface area (Å²) in [6, 6.07) is 73.7. The first kappa shape index (κ1) is 32.4. The van der Waals surface area contributed by atoms with Crippen LogP contribution >= 0.6 is 11.8 Å². The Labute approximate surface area is 329 Å². The Hall–Kier alpha value is -7.01. The summed E-state index contributed by atoms with van der Waals surface area (Å²) in [4.78, 5) is 7.23. The van der Waals surface area contributed by atoms with Gasteiger partial charge in [0, 0.05) is 54.0 Å². The van der Waals surface area contributed by atoms with Gasteiger partial charge in [0.15, 0.2) is 5.58 Å². The van der Waals surface area contributed by atoms with Gasteiger partial charge >= 0.3 is 0 Å². The average Bonchev–Trinajstić information content (AvgIpc) is 3.65. The molecule has 0 saturated carbocycles. The molecular weight excluding hydrogens is 701 g/mol. The van der Waals surface area contributed by atoms with Gasteiger partial charge in [-0.1, -0.05) is 151 Å². The summed E-state index contributed by atoms with van der Waals surface area (Å²) >= 11 is 1.85. The SMILES string of the molecule is c1ccc(-c2ccccc2N(c2ccc3c4c(cccc24)Sc2cc(N(c4ccccc4)c4ccccc4)ccc2-3)c2cccc3c2oc2ccccc23)cc1. The van der Waals surface area contributed by atoms with Gasteiger partial charge in [0.2, 0.25) is 0 Å². The Morgan fingerprint density at radius 3 is 1.79 bits per heavy atom. The normalized spacial score (nSPS) is 11.9. The molecule has 0 saturated heterocycles. The fourth-order valence-corrected chi connectivity index (χ4v) is 9.54. The van der Waals surface area contributed by atoms with Gasteiger partial charge in [-0.2, -0.15) is 0 Å². The van der Waals surface area contributed by atoms with Crippen LogP contribution in [0.25, 0.3) is 55.0 Å². The first-order valence-corrected chi connectivity index (χ1v) is 19.7. The zero-order valence-corrected chi connectivity index (χ0v) is 31.2. The number of nitrogens with zero attached hydrogens (tertiary/aromatic N) is 2. The molecule has 1 aliphatic heterocycles. The summed E-state index contributed by atoms with van der Waals surface area (Å²) in [6.45, 7) is 0. The van der Waals surface area contributed by atoms with E-state index in [4.69, 9.17) is 4.42 Å². The van der Waals surface area contributed by atoms with E-state index in [1.807, 2.05) is 17.8 Å². The van der Waals surface area contributed by atoms with E-state index in [0.29, 0.717) is 0 Å². The van der Waals surface area contributed by atoms with E-state index in [2.05, 4.69) is 210 Å². The number of benzene rings is 9. The van der Waals surface area contributed by atoms with Crippen molar-refractivity contribution in [2.45, 2.75) is 9.79 Å². The summed E-state index contributed by atoms with van der Waals surface area (Å²) in [6.07, 6.45) is 0. The summed E-state index contributed by atoms with van der Waals surface area (Å²) in [5, 5.41) is 4.66. The second-order valence-corrected chi connectivity index (χ2v) is 15.2. The third kappa shape index (κ3) is 5.30. The first-order chi connectivity index (χ1) is 27.8. The van der Waals surface area contributed by atoms with E-state index in [0.717, 1.165) is 67.2 Å². The molecule has 1 aromatic heterocycles. The van der Waals surface area contributed by atoms with E-state index in [1.54, 1.807) is 0 Å². The molecule has 0 bridgehead atoms. The Balaban J connectivity index is 1.12. The van der Waals surface area contributed by atoms with Gasteiger partial charge in [-0.3, -0.25) is 0 Å². The second kappa shape index (κ2) is 13.4. The average molecular weight is 735 g/mol. The predicted octanol–water partition coefficient (Wildman–Crippen LogP) is 15.5. The number of fused-ring (bicyclic) bond motifs is 5. The van der Waals surface area contributed by atoms with Crippen LogP contribution in [0.3, 0.4) is 0 Å². The lowest BCUT2D eigenvalue weighted by Gasteiger charge is -2.31. The van der Waals surface area contributed by atoms with Crippen LogP contribution in [0.5, 0.6) is 0 Å². The van der Waals surface area contributed by atoms with Gasteiger partial charge in [-0.15, -0.1) is 0 Å². The molecule has 0 radical (unpaired) electrons. The highest BCUT2D eigenvalue weighted by molar-refractivity contribution is 7.99. The van der Waals surface area contributed by atoms with Crippen molar-refractivity contribution < 1.29 is 4.42 Å². The van der Waals surface area contributed by atoms with E-state index in [9.17, 15) is 0 Å². The van der Waals surface area contributed by atoms with E-state index >= 15 is 0 Å². The molecule has 264 valence electrons. The molecule has 1 aliphatic rings. The molecule has 0 atom stereocenters. The smallest absolute Gasteiger partial charge is 0.159 e. The number of rotatable bonds is 7. The highest BCUT2D eigenvalue weighted by atomic mass is 32.2. The van der Waals surface area contributed by atoms with Gasteiger partial charge in [-0.25, -0.2) is 0 Å². The third-order valence-electron chi connectivity index (χ3n) is 10.8. The highest BCUT2D eigenvalue weighted by Gasteiger charge is 2.27. The third-order valence-corrected chi connectivity index (χ3v) is 12.0. The van der Waals surface area contributed by atoms with Crippen molar-refractivity contribution in [1.82, 2.24) is 0 Å². The molecule has 0 aliphatic carbocycles. The number of para-hydroxylation sites is 5. The molecule has 0 fully saturated rings. The highest BCUT2D eigenvalue weighted by Crippen LogP contribution is 2.54. The fourth-order valence-electron chi connectivity index (χ4n) is 8.37. The largest absolute Gasteiger partial charge is 0.454 e. The summed E-state index contributed by atoms with van der Waals surface area (Å²) < 4.78 is 6.74. The standard InChI is InChI=1S/C52H34N2OS/c1-4-16-35(17-5-1)39-22-10-12-26-45(39)54(47-27-14-24-43-40-23-11-13-28-48(40)55-52(43)47)46-33-32-42-41-31-30-38(34-50(41)56-49-29-15-25-44(46)51(42)49)53(36-18-6-2-7-19-36)37-20-8-3-9-21-37/h1-34H. The van der Waals surface area contributed by atoms with Crippen LogP contribution in [-0.4, -0.2) is 0 Å². The number of hydrogen-bond acceptors (Lipinski definition) is 4. The number of hydrogen-bond donors (Lipinski definition) is 0. The van der Waals surface area contributed by atoms with Crippen LogP contribution in [0.2, 0.25) is 0 Å². The summed E-state index contributed by atoms with van der Waals surface area (Å²) in [5.74, 6) is 0. The van der Waals surface area contributed by atoms with Gasteiger partial charge in [0.05, 0.1) is 17.1 Å². The van der Waals surface area contributed by atoms with Crippen LogP contribution in [0.4, 0.5) is 34.1 Å². The number of furan rings is 1. The van der Waals surface area contributed by atoms with Crippen LogP contribution in [0.15, 0.2) is 220 Å². The Morgan fingerprint density at radius 1 is 0.357 bits per heavy atom. The maximum Gasteiger partial charge on any atom is 0.159 e. The van der Waals surface area contributed by atoms with Crippen molar-refractivity contribution in [3.8, 4) is 22.3 Å². The first-order valence-electron chi connectivity index (χ1n) is 18.9. The lowest BCUT2D eigenvalue weighted by atomic mass is 9.94. The predicted molar refractivity (Wildman–Crippen MR) is 236 cm³/mol. The molecule has 0 spiro atoms. The van der Waals surface area contributed by atoms with Gasteiger partial charge in [0.25, 0.3) is 0 Å². The van der Waals surface area contributed by atoms with E-state index in [1.165, 1.54) is 31.7 Å². The second-order valence-electron chi connectivity index (χ2n) is 14.1. The zero-order chi connectivity index (χ0) is 37.0. The van der Waals surface area contributed by atoms with Crippen LogP contribution in [-0.2, 0) is 0 Å². The molecule has 2 heterocycles. The molecular formula is C52H34N2OS. The summed E-state index contributed by atoms with van der Waals surface area (Å²) in [5.41, 5.74) is 13.1. The maximum absolute atomic E-state index is 6.74. The van der Waals surface area contributed by atoms with Crippen molar-refractivity contribution >= 4 is 78.6 Å². The van der Waals surface area contributed by atoms with Crippen molar-refractivity contribution in [1.29, 1.82) is 0 Å². The molecule has 0 N–H and O–H groups in total. The Bertz CT molecular complexity index is 3030. The van der Waals surface area contributed by atoms with Crippen LogP contribution in [0, 0.1) is 0 Å². The van der Waals surface area contributed by atoms with E-state index in [-0.39, 0.29) is 0 Å². The zero-order valence-electron chi connectivity index (χ0n) is 30.3. The summed E-state index contributed by atoms with van der Waals surface area (Å²) in [7, 11) is 0. The molecule has 10 aromatic rings. The lowest BCUT2D eigenvalue weighted by molar-refractivity contribution is 0.669. The van der Waals surface area contributed by atoms with Crippen molar-refractivity contribution in [2.75, 3.05) is 9.80 Å². The molecule has 56 heavy (non-hydrogen) atoms. The maximum atomic E-state index is 6.74. The monoisotopic (exact) mass is 734 g/mol. The van der Waals surface area contributed by atoms with Crippen molar-refractivity contribution in [3.63, 3.8) is 0 Å². The fraction of sp³-hybridized carbons (Fsp3) is 0. The van der Waals surface area contributed by atoms with Crippen molar-refractivity contribution in [3.05, 3.63) is 206 Å². The lowest BCUT2D eigenvalue weighted by Crippen LogP contribution is -2.12. The molecule has 9 aromatic carbocycles. The molecule has 11 rings (SSSR count). The minimum atomic E-state index is 0.866. The van der Waals surface area contributed by atoms with E-state index < -0.39 is 0 Å². The molecule has 4 heteroatoms. The molecule has 3 nitrogen and oxygen atoms in total. The quantitative estimate of drug-likeness (QED) is 0.162. The Kier molecular flexibility index (Phi) is 7.75. The number of anilines is 6. The van der Waals surface area contributed by atoms with Gasteiger partial charge in [-0.05, 0) is 83.4 Å². The van der Waals surface area contributed by atoms with Crippen molar-refractivity contribution in [2.24, 2.45) is 0 Å². The molecule has 0 amide bonds. The molecule has 0 unspecified atom stereocenters. The van der Waals surface area contributed by atoms with Gasteiger partial charge in [0.1, 0.15) is 5.58 Å². The van der Waals surface area contributed by atoms with Gasteiger partial charge < -0.3 is 14.2 Å². The van der Waals surface area contributed by atoms with Crippen LogP contribution < -0.4 is 9.80 Å². The minimum absolute atomic E-state index is 0.866. The topological polar surface area (TPSA) is 19.6 Å². The Morgan fingerprint density at radius 2 is 0.982 bits per heavy atom.